The molecule has 1 aromatic rings. The van der Waals surface area contributed by atoms with Crippen molar-refractivity contribution in [3.8, 4) is 5.88 Å². The van der Waals surface area contributed by atoms with Crippen molar-refractivity contribution in [2.45, 2.75) is 38.0 Å². The summed E-state index contributed by atoms with van der Waals surface area (Å²) in [6, 6.07) is 2.07. The minimum atomic E-state index is -4.76. The normalized spacial score (nSPS) is 28.1. The number of alkyl halides is 5. The Balaban J connectivity index is 2.48. The number of hydrogen-bond acceptors (Lipinski definition) is 4. The smallest absolute Gasteiger partial charge is 0.428 e. The van der Waals surface area contributed by atoms with Crippen molar-refractivity contribution in [3.63, 3.8) is 0 Å². The maximum absolute atomic E-state index is 13.2. The lowest BCUT2D eigenvalue weighted by Crippen LogP contribution is -2.46. The number of nitrogens with zero attached hydrogens (tertiary/aromatic N) is 1. The van der Waals surface area contributed by atoms with E-state index in [-0.39, 0.29) is 11.4 Å². The van der Waals surface area contributed by atoms with E-state index >= 15 is 0 Å². The van der Waals surface area contributed by atoms with Gasteiger partial charge in [-0.2, -0.15) is 13.2 Å². The summed E-state index contributed by atoms with van der Waals surface area (Å²) in [5.74, 6) is -4.00. The minimum absolute atomic E-state index is 0.0117. The second-order valence-electron chi connectivity index (χ2n) is 5.43. The number of carbonyl (C=O) groups is 1. The third-order valence-corrected chi connectivity index (χ3v) is 4.16. The van der Waals surface area contributed by atoms with Gasteiger partial charge in [0.05, 0.1) is 13.0 Å². The Morgan fingerprint density at radius 2 is 1.96 bits per heavy atom. The van der Waals surface area contributed by atoms with E-state index in [1.165, 1.54) is 6.92 Å². The molecule has 0 N–H and O–H groups in total. The zero-order valence-electron chi connectivity index (χ0n) is 12.4. The van der Waals surface area contributed by atoms with Gasteiger partial charge in [-0.15, -0.1) is 0 Å². The Hall–Kier alpha value is -1.93. The first kappa shape index (κ1) is 17.4. The molecule has 0 bridgehead atoms. The summed E-state index contributed by atoms with van der Waals surface area (Å²) in [5, 5.41) is 0. The van der Waals surface area contributed by atoms with Gasteiger partial charge in [0.15, 0.2) is 0 Å². The average molecular weight is 339 g/mol. The molecular weight excluding hydrogens is 325 g/mol. The Kier molecular flexibility index (Phi) is 4.25. The SMILES string of the molecule is COc1nc(C(F)F)ccc1[C@H]1C(=O)O[C@@](C)(C(F)(F)F)[C@H]1C. The molecule has 1 saturated heterocycles. The number of esters is 1. The van der Waals surface area contributed by atoms with Crippen LogP contribution in [-0.2, 0) is 9.53 Å². The zero-order valence-corrected chi connectivity index (χ0v) is 12.4. The molecule has 2 heterocycles. The van der Waals surface area contributed by atoms with Gasteiger partial charge in [0.1, 0.15) is 5.69 Å². The van der Waals surface area contributed by atoms with Crippen LogP contribution in [0.3, 0.4) is 0 Å². The molecule has 0 unspecified atom stereocenters. The van der Waals surface area contributed by atoms with Crippen LogP contribution in [0.5, 0.6) is 5.88 Å². The molecule has 0 spiro atoms. The van der Waals surface area contributed by atoms with Crippen LogP contribution in [0.25, 0.3) is 0 Å². The lowest BCUT2D eigenvalue weighted by Gasteiger charge is -2.30. The number of hydrogen-bond donors (Lipinski definition) is 0. The monoisotopic (exact) mass is 339 g/mol. The molecule has 0 saturated carbocycles. The second-order valence-corrected chi connectivity index (χ2v) is 5.43. The molecule has 4 nitrogen and oxygen atoms in total. The number of halogens is 5. The summed E-state index contributed by atoms with van der Waals surface area (Å²) in [4.78, 5) is 15.5. The molecule has 23 heavy (non-hydrogen) atoms. The molecule has 1 aromatic heterocycles. The predicted molar refractivity (Wildman–Crippen MR) is 68.2 cm³/mol. The van der Waals surface area contributed by atoms with Crippen LogP contribution in [0.15, 0.2) is 12.1 Å². The van der Waals surface area contributed by atoms with Gasteiger partial charge < -0.3 is 9.47 Å². The lowest BCUT2D eigenvalue weighted by molar-refractivity contribution is -0.262. The fraction of sp³-hybridized carbons (Fsp3) is 0.571. The zero-order chi connectivity index (χ0) is 17.6. The van der Waals surface area contributed by atoms with Gasteiger partial charge in [0.25, 0.3) is 6.43 Å². The maximum Gasteiger partial charge on any atom is 0.428 e. The number of pyridine rings is 1. The highest BCUT2D eigenvalue weighted by Crippen LogP contribution is 2.51. The highest BCUT2D eigenvalue weighted by Gasteiger charge is 2.65. The van der Waals surface area contributed by atoms with Crippen LogP contribution in [-0.4, -0.2) is 29.8 Å². The number of ether oxygens (including phenoxy) is 2. The third kappa shape index (κ3) is 2.72. The Labute approximate surface area is 128 Å². The number of carbonyl (C=O) groups excluding carboxylic acids is 1. The van der Waals surface area contributed by atoms with Gasteiger partial charge in [0, 0.05) is 11.5 Å². The molecule has 0 aromatic carbocycles. The van der Waals surface area contributed by atoms with E-state index in [4.69, 9.17) is 4.74 Å². The number of methoxy groups -OCH3 is 1. The van der Waals surface area contributed by atoms with Gasteiger partial charge in [-0.3, -0.25) is 4.79 Å². The fourth-order valence-electron chi connectivity index (χ4n) is 2.59. The van der Waals surface area contributed by atoms with E-state index in [1.807, 2.05) is 0 Å². The van der Waals surface area contributed by atoms with Crippen molar-refractivity contribution < 1.29 is 36.2 Å². The molecule has 9 heteroatoms. The molecule has 1 aliphatic rings. The highest BCUT2D eigenvalue weighted by molar-refractivity contribution is 5.82. The topological polar surface area (TPSA) is 48.4 Å². The predicted octanol–water partition coefficient (Wildman–Crippen LogP) is 3.63. The van der Waals surface area contributed by atoms with Crippen molar-refractivity contribution in [3.05, 3.63) is 23.4 Å². The van der Waals surface area contributed by atoms with Crippen molar-refractivity contribution in [2.24, 2.45) is 5.92 Å². The standard InChI is InChI=1S/C14H14F5NO3/c1-6-9(12(21)23-13(6,2)14(17,18)19)7-4-5-8(10(15)16)20-11(7)22-3/h4-6,9-10H,1-3H3/t6-,9-,13+/m0/s1. The molecule has 0 radical (unpaired) electrons. The summed E-state index contributed by atoms with van der Waals surface area (Å²) in [6.07, 6.45) is -7.63. The first-order valence-electron chi connectivity index (χ1n) is 6.65. The van der Waals surface area contributed by atoms with Gasteiger partial charge >= 0.3 is 12.1 Å². The van der Waals surface area contributed by atoms with E-state index in [2.05, 4.69) is 9.72 Å². The van der Waals surface area contributed by atoms with Crippen LogP contribution < -0.4 is 4.74 Å². The minimum Gasteiger partial charge on any atom is -0.481 e. The molecule has 0 aliphatic carbocycles. The van der Waals surface area contributed by atoms with Crippen molar-refractivity contribution in [2.75, 3.05) is 7.11 Å². The molecule has 3 atom stereocenters. The lowest BCUT2D eigenvalue weighted by atomic mass is 9.79. The fourth-order valence-corrected chi connectivity index (χ4v) is 2.59. The highest BCUT2D eigenvalue weighted by atomic mass is 19.4. The Morgan fingerprint density at radius 3 is 2.39 bits per heavy atom. The summed E-state index contributed by atoms with van der Waals surface area (Å²) in [7, 11) is 1.13. The molecular formula is C14H14F5NO3. The Bertz CT molecular complexity index is 619. The third-order valence-electron chi connectivity index (χ3n) is 4.16. The first-order chi connectivity index (χ1) is 10.5. The van der Waals surface area contributed by atoms with Crippen molar-refractivity contribution in [1.29, 1.82) is 0 Å². The van der Waals surface area contributed by atoms with Crippen LogP contribution >= 0.6 is 0 Å². The summed E-state index contributed by atoms with van der Waals surface area (Å²) in [6.45, 7) is 1.99. The van der Waals surface area contributed by atoms with Gasteiger partial charge in [-0.1, -0.05) is 13.0 Å². The number of rotatable bonds is 3. The van der Waals surface area contributed by atoms with E-state index < -0.39 is 41.7 Å². The quantitative estimate of drug-likeness (QED) is 0.623. The van der Waals surface area contributed by atoms with Gasteiger partial charge in [-0.05, 0) is 13.0 Å². The molecule has 2 rings (SSSR count). The van der Waals surface area contributed by atoms with Crippen LogP contribution in [0.1, 0.15) is 37.4 Å². The van der Waals surface area contributed by atoms with E-state index in [9.17, 15) is 26.7 Å². The van der Waals surface area contributed by atoms with E-state index in [0.717, 1.165) is 26.2 Å². The van der Waals surface area contributed by atoms with E-state index in [1.54, 1.807) is 0 Å². The molecule has 0 amide bonds. The maximum atomic E-state index is 13.2. The first-order valence-corrected chi connectivity index (χ1v) is 6.65. The number of aromatic nitrogens is 1. The largest absolute Gasteiger partial charge is 0.481 e. The summed E-state index contributed by atoms with van der Waals surface area (Å²) in [5.41, 5.74) is -3.27. The summed E-state index contributed by atoms with van der Waals surface area (Å²) < 4.78 is 74.3. The van der Waals surface area contributed by atoms with Crippen LogP contribution in [0.2, 0.25) is 0 Å². The van der Waals surface area contributed by atoms with E-state index in [0.29, 0.717) is 0 Å². The number of cyclic esters (lactones) is 1. The van der Waals surface area contributed by atoms with Crippen molar-refractivity contribution >= 4 is 5.97 Å². The molecule has 1 fully saturated rings. The molecule has 128 valence electrons. The molecule has 1 aliphatic heterocycles. The van der Waals surface area contributed by atoms with Gasteiger partial charge in [-0.25, -0.2) is 13.8 Å². The summed E-state index contributed by atoms with van der Waals surface area (Å²) >= 11 is 0. The van der Waals surface area contributed by atoms with Crippen LogP contribution in [0, 0.1) is 5.92 Å². The Morgan fingerprint density at radius 1 is 1.35 bits per heavy atom. The second kappa shape index (κ2) is 5.61. The van der Waals surface area contributed by atoms with Gasteiger partial charge in [0.2, 0.25) is 11.5 Å². The average Bonchev–Trinajstić information content (AvgIpc) is 2.68. The van der Waals surface area contributed by atoms with Crippen LogP contribution in [0.4, 0.5) is 22.0 Å². The van der Waals surface area contributed by atoms with Crippen molar-refractivity contribution in [1.82, 2.24) is 4.98 Å².